The van der Waals surface area contributed by atoms with Crippen LogP contribution < -0.4 is 19.5 Å². The summed E-state index contributed by atoms with van der Waals surface area (Å²) < 4.78 is 17.1. The topological polar surface area (TPSA) is 72.9 Å². The van der Waals surface area contributed by atoms with Gasteiger partial charge in [-0.25, -0.2) is 4.98 Å². The van der Waals surface area contributed by atoms with Crippen LogP contribution in [0.5, 0.6) is 17.2 Å². The molecule has 28 heavy (non-hydrogen) atoms. The van der Waals surface area contributed by atoms with E-state index in [0.717, 1.165) is 25.2 Å². The van der Waals surface area contributed by atoms with E-state index in [2.05, 4.69) is 22.2 Å². The zero-order chi connectivity index (χ0) is 20.1. The first kappa shape index (κ1) is 20.4. The lowest BCUT2D eigenvalue weighted by molar-refractivity contribution is 0.102. The van der Waals surface area contributed by atoms with Crippen molar-refractivity contribution in [1.82, 2.24) is 9.88 Å². The Bertz CT molecular complexity index is 810. The highest BCUT2D eigenvalue weighted by molar-refractivity contribution is 7.15. The molecule has 3 rings (SSSR count). The van der Waals surface area contributed by atoms with Crippen LogP contribution in [0.2, 0.25) is 0 Å². The Kier molecular flexibility index (Phi) is 6.74. The highest BCUT2D eigenvalue weighted by Gasteiger charge is 2.22. The summed E-state index contributed by atoms with van der Waals surface area (Å²) in [4.78, 5) is 20.9. The van der Waals surface area contributed by atoms with Crippen LogP contribution in [0.3, 0.4) is 0 Å². The Morgan fingerprint density at radius 3 is 2.39 bits per heavy atom. The van der Waals surface area contributed by atoms with Gasteiger partial charge in [-0.15, -0.1) is 11.3 Å². The third-order valence-electron chi connectivity index (χ3n) is 4.31. The Balaban J connectivity index is 1.86. The van der Waals surface area contributed by atoms with Gasteiger partial charge in [0.1, 0.15) is 0 Å². The average molecular weight is 406 g/mol. The van der Waals surface area contributed by atoms with Crippen molar-refractivity contribution >= 4 is 22.4 Å². The second-order valence-corrected chi connectivity index (χ2v) is 7.52. The van der Waals surface area contributed by atoms with Crippen LogP contribution in [0.4, 0.5) is 5.13 Å². The number of nitrogens with zero attached hydrogens (tertiary/aromatic N) is 2. The quantitative estimate of drug-likeness (QED) is 0.724. The van der Waals surface area contributed by atoms with Crippen LogP contribution in [0.15, 0.2) is 12.1 Å². The molecule has 1 aliphatic heterocycles. The van der Waals surface area contributed by atoms with Gasteiger partial charge < -0.3 is 19.1 Å². The molecule has 2 aromatic rings. The second kappa shape index (κ2) is 9.25. The molecule has 2 heterocycles. The summed E-state index contributed by atoms with van der Waals surface area (Å²) in [6, 6.07) is 3.38. The predicted octanol–water partition coefficient (Wildman–Crippen LogP) is 3.58. The van der Waals surface area contributed by atoms with Gasteiger partial charge in [0.25, 0.3) is 5.91 Å². The third kappa shape index (κ3) is 4.56. The van der Waals surface area contributed by atoms with E-state index < -0.39 is 0 Å². The molecule has 1 aromatic heterocycles. The Morgan fingerprint density at radius 1 is 1.14 bits per heavy atom. The molecule has 0 atom stereocenters. The summed E-state index contributed by atoms with van der Waals surface area (Å²) in [6.07, 6.45) is 0.907. The van der Waals surface area contributed by atoms with E-state index in [1.807, 2.05) is 20.8 Å². The van der Waals surface area contributed by atoms with E-state index in [4.69, 9.17) is 14.2 Å². The van der Waals surface area contributed by atoms with E-state index in [1.165, 1.54) is 16.2 Å². The molecule has 1 N–H and O–H groups in total. The van der Waals surface area contributed by atoms with E-state index in [1.54, 1.807) is 12.1 Å². The van der Waals surface area contributed by atoms with E-state index in [-0.39, 0.29) is 5.91 Å². The van der Waals surface area contributed by atoms with Gasteiger partial charge in [-0.2, -0.15) is 0 Å². The molecule has 0 bridgehead atoms. The number of nitrogens with one attached hydrogen (secondary N) is 1. The molecule has 0 saturated heterocycles. The first-order valence-corrected chi connectivity index (χ1v) is 10.4. The summed E-state index contributed by atoms with van der Waals surface area (Å²) in [5.74, 6) is 1.28. The van der Waals surface area contributed by atoms with Gasteiger partial charge in [-0.3, -0.25) is 10.1 Å². The molecule has 0 radical (unpaired) electrons. The normalized spacial score (nSPS) is 13.7. The number of carbonyl (C=O) groups is 1. The van der Waals surface area contributed by atoms with Crippen molar-refractivity contribution in [2.24, 2.45) is 0 Å². The van der Waals surface area contributed by atoms with Crippen LogP contribution in [0.25, 0.3) is 0 Å². The van der Waals surface area contributed by atoms with Crippen molar-refractivity contribution < 1.29 is 19.0 Å². The Labute approximate surface area is 169 Å². The maximum Gasteiger partial charge on any atom is 0.257 e. The number of hydrogen-bond donors (Lipinski definition) is 1. The lowest BCUT2D eigenvalue weighted by atomic mass is 10.1. The van der Waals surface area contributed by atoms with Gasteiger partial charge >= 0.3 is 0 Å². The molecule has 1 aromatic carbocycles. The lowest BCUT2D eigenvalue weighted by Gasteiger charge is -2.20. The average Bonchev–Trinajstić information content (AvgIpc) is 3.05. The molecule has 0 aliphatic carbocycles. The number of rotatable bonds is 8. The van der Waals surface area contributed by atoms with E-state index >= 15 is 0 Å². The number of carbonyl (C=O) groups excluding carboxylic acids is 1. The van der Waals surface area contributed by atoms with Crippen LogP contribution in [-0.4, -0.2) is 49.2 Å². The molecule has 0 unspecified atom stereocenters. The van der Waals surface area contributed by atoms with Crippen LogP contribution in [0.1, 0.15) is 41.7 Å². The minimum absolute atomic E-state index is 0.246. The van der Waals surface area contributed by atoms with E-state index in [9.17, 15) is 4.79 Å². The van der Waals surface area contributed by atoms with Gasteiger partial charge in [0, 0.05) is 30.0 Å². The van der Waals surface area contributed by atoms with Crippen molar-refractivity contribution in [3.05, 3.63) is 28.3 Å². The number of anilines is 1. The molecule has 1 aliphatic rings. The summed E-state index contributed by atoms with van der Waals surface area (Å²) in [6.45, 7) is 8.93. The number of benzene rings is 1. The number of ether oxygens (including phenoxy) is 3. The Morgan fingerprint density at radius 2 is 1.79 bits per heavy atom. The van der Waals surface area contributed by atoms with Crippen molar-refractivity contribution in [2.45, 2.75) is 33.7 Å². The molecule has 7 nitrogen and oxygen atoms in total. The van der Waals surface area contributed by atoms with Gasteiger partial charge in [-0.05, 0) is 40.0 Å². The monoisotopic (exact) mass is 405 g/mol. The second-order valence-electron chi connectivity index (χ2n) is 6.43. The molecule has 0 spiro atoms. The van der Waals surface area contributed by atoms with Crippen molar-refractivity contribution in [3.8, 4) is 17.2 Å². The standard InChI is InChI=1S/C20H27N3O4S/c1-5-25-15-10-13(11-16(26-6-2)18(15)27-7-3)19(24)22-20-21-14-8-9-23(4)12-17(14)28-20/h10-11H,5-9,12H2,1-4H3,(H,21,22,24). The van der Waals surface area contributed by atoms with Crippen molar-refractivity contribution in [1.29, 1.82) is 0 Å². The van der Waals surface area contributed by atoms with Gasteiger partial charge in [0.15, 0.2) is 16.6 Å². The van der Waals surface area contributed by atoms with Crippen LogP contribution in [0, 0.1) is 0 Å². The summed E-state index contributed by atoms with van der Waals surface area (Å²) >= 11 is 1.53. The smallest absolute Gasteiger partial charge is 0.257 e. The maximum atomic E-state index is 12.9. The van der Waals surface area contributed by atoms with Gasteiger partial charge in [-0.1, -0.05) is 0 Å². The van der Waals surface area contributed by atoms with Crippen molar-refractivity contribution in [3.63, 3.8) is 0 Å². The summed E-state index contributed by atoms with van der Waals surface area (Å²) in [7, 11) is 2.09. The molecule has 8 heteroatoms. The fraction of sp³-hybridized carbons (Fsp3) is 0.500. The van der Waals surface area contributed by atoms with Crippen LogP contribution >= 0.6 is 11.3 Å². The SMILES string of the molecule is CCOc1cc(C(=O)Nc2nc3c(s2)CN(C)CC3)cc(OCC)c1OCC. The highest BCUT2D eigenvalue weighted by Crippen LogP contribution is 2.39. The van der Waals surface area contributed by atoms with Crippen LogP contribution in [-0.2, 0) is 13.0 Å². The number of likely N-dealkylation sites (N-methyl/N-ethyl adjacent to an activating group) is 1. The summed E-state index contributed by atoms with van der Waals surface area (Å²) in [5, 5.41) is 3.54. The largest absolute Gasteiger partial charge is 0.490 e. The number of amides is 1. The Hall–Kier alpha value is -2.32. The third-order valence-corrected chi connectivity index (χ3v) is 5.31. The molecular weight excluding hydrogens is 378 g/mol. The zero-order valence-electron chi connectivity index (χ0n) is 16.8. The first-order valence-electron chi connectivity index (χ1n) is 9.60. The number of fused-ring (bicyclic) bond motifs is 1. The number of aromatic nitrogens is 1. The summed E-state index contributed by atoms with van der Waals surface area (Å²) in [5.41, 5.74) is 1.52. The van der Waals surface area contributed by atoms with Crippen molar-refractivity contribution in [2.75, 3.05) is 38.7 Å². The van der Waals surface area contributed by atoms with Gasteiger partial charge in [0.2, 0.25) is 5.75 Å². The minimum Gasteiger partial charge on any atom is -0.490 e. The van der Waals surface area contributed by atoms with E-state index in [0.29, 0.717) is 47.8 Å². The predicted molar refractivity (Wildman–Crippen MR) is 110 cm³/mol. The fourth-order valence-corrected chi connectivity index (χ4v) is 4.15. The molecule has 0 saturated carbocycles. The maximum absolute atomic E-state index is 12.9. The first-order chi connectivity index (χ1) is 13.5. The molecule has 0 fully saturated rings. The fourth-order valence-electron chi connectivity index (χ4n) is 3.07. The molecular formula is C20H27N3O4S. The molecule has 1 amide bonds. The zero-order valence-corrected chi connectivity index (χ0v) is 17.6. The molecule has 152 valence electrons. The minimum atomic E-state index is -0.246. The van der Waals surface area contributed by atoms with Gasteiger partial charge in [0.05, 0.1) is 25.5 Å². The number of hydrogen-bond acceptors (Lipinski definition) is 7. The highest BCUT2D eigenvalue weighted by atomic mass is 32.1. The number of thiazole rings is 1. The lowest BCUT2D eigenvalue weighted by Crippen LogP contribution is -2.25.